The van der Waals surface area contributed by atoms with Gasteiger partial charge in [0, 0.05) is 25.4 Å². The van der Waals surface area contributed by atoms with E-state index in [2.05, 4.69) is 27.9 Å². The Morgan fingerprint density at radius 3 is 2.96 bits per heavy atom. The van der Waals surface area contributed by atoms with Gasteiger partial charge in [0.25, 0.3) is 0 Å². The Morgan fingerprint density at radius 2 is 2.25 bits per heavy atom. The molecule has 1 aromatic heterocycles. The Morgan fingerprint density at radius 1 is 1.46 bits per heavy atom. The van der Waals surface area contributed by atoms with E-state index in [0.29, 0.717) is 6.42 Å². The standard InChI is InChI=1S/C18H24N4O2/c1-13(21-18(23)17-8-16(24-2)10-19-17)15-9-20-22(12-15)11-14-6-4-3-5-7-14/h3-7,9,12-13,16-17,19H,8,10-11H2,1-2H3,(H,21,23)/t13-,16-,17+/m0/s1. The zero-order valence-corrected chi connectivity index (χ0v) is 14.1. The summed E-state index contributed by atoms with van der Waals surface area (Å²) < 4.78 is 7.18. The number of ether oxygens (including phenoxy) is 1. The lowest BCUT2D eigenvalue weighted by molar-refractivity contribution is -0.123. The minimum atomic E-state index is -0.184. The molecule has 1 saturated heterocycles. The van der Waals surface area contributed by atoms with Crippen LogP contribution in [-0.4, -0.2) is 41.5 Å². The second kappa shape index (κ2) is 7.59. The summed E-state index contributed by atoms with van der Waals surface area (Å²) in [6.45, 7) is 3.42. The maximum absolute atomic E-state index is 12.3. The second-order valence-electron chi connectivity index (χ2n) is 6.24. The second-order valence-corrected chi connectivity index (χ2v) is 6.24. The van der Waals surface area contributed by atoms with Crippen LogP contribution in [0.2, 0.25) is 0 Å². The van der Waals surface area contributed by atoms with E-state index in [1.54, 1.807) is 7.11 Å². The number of rotatable bonds is 6. The quantitative estimate of drug-likeness (QED) is 0.843. The van der Waals surface area contributed by atoms with E-state index in [0.717, 1.165) is 18.7 Å². The molecule has 1 aromatic carbocycles. The number of hydrogen-bond acceptors (Lipinski definition) is 4. The monoisotopic (exact) mass is 328 g/mol. The molecule has 0 radical (unpaired) electrons. The molecular weight excluding hydrogens is 304 g/mol. The molecule has 0 saturated carbocycles. The summed E-state index contributed by atoms with van der Waals surface area (Å²) in [7, 11) is 1.68. The highest BCUT2D eigenvalue weighted by Crippen LogP contribution is 2.15. The molecule has 3 atom stereocenters. The first-order chi connectivity index (χ1) is 11.7. The average molecular weight is 328 g/mol. The number of carbonyl (C=O) groups excluding carboxylic acids is 1. The van der Waals surface area contributed by atoms with Gasteiger partial charge >= 0.3 is 0 Å². The van der Waals surface area contributed by atoms with Crippen LogP contribution in [-0.2, 0) is 16.1 Å². The number of nitrogens with one attached hydrogen (secondary N) is 2. The van der Waals surface area contributed by atoms with Gasteiger partial charge < -0.3 is 15.4 Å². The maximum Gasteiger partial charge on any atom is 0.237 e. The van der Waals surface area contributed by atoms with Crippen molar-refractivity contribution >= 4 is 5.91 Å². The number of carbonyl (C=O) groups is 1. The van der Waals surface area contributed by atoms with Crippen molar-refractivity contribution in [2.75, 3.05) is 13.7 Å². The Bertz CT molecular complexity index is 671. The summed E-state index contributed by atoms with van der Waals surface area (Å²) in [5.74, 6) is 0.0119. The van der Waals surface area contributed by atoms with Crippen molar-refractivity contribution in [2.24, 2.45) is 0 Å². The zero-order chi connectivity index (χ0) is 16.9. The molecule has 6 nitrogen and oxygen atoms in total. The highest BCUT2D eigenvalue weighted by molar-refractivity contribution is 5.82. The van der Waals surface area contributed by atoms with Gasteiger partial charge in [-0.1, -0.05) is 30.3 Å². The highest BCUT2D eigenvalue weighted by atomic mass is 16.5. The maximum atomic E-state index is 12.3. The molecule has 3 rings (SSSR count). The molecule has 0 aliphatic carbocycles. The minimum Gasteiger partial charge on any atom is -0.380 e. The number of benzene rings is 1. The number of hydrogen-bond donors (Lipinski definition) is 2. The molecule has 6 heteroatoms. The smallest absolute Gasteiger partial charge is 0.237 e. The number of methoxy groups -OCH3 is 1. The first kappa shape index (κ1) is 16.7. The van der Waals surface area contributed by atoms with E-state index in [9.17, 15) is 4.79 Å². The molecule has 1 fully saturated rings. The van der Waals surface area contributed by atoms with Crippen LogP contribution in [0.4, 0.5) is 0 Å². The molecule has 24 heavy (non-hydrogen) atoms. The van der Waals surface area contributed by atoms with Crippen LogP contribution >= 0.6 is 0 Å². The summed E-state index contributed by atoms with van der Waals surface area (Å²) in [6.07, 6.45) is 4.62. The van der Waals surface area contributed by atoms with Crippen LogP contribution in [0.15, 0.2) is 42.7 Å². The minimum absolute atomic E-state index is 0.0119. The van der Waals surface area contributed by atoms with E-state index in [-0.39, 0.29) is 24.1 Å². The lowest BCUT2D eigenvalue weighted by atomic mass is 10.1. The van der Waals surface area contributed by atoms with Crippen LogP contribution in [0.5, 0.6) is 0 Å². The topological polar surface area (TPSA) is 68.2 Å². The van der Waals surface area contributed by atoms with Crippen molar-refractivity contribution in [3.05, 3.63) is 53.9 Å². The SMILES string of the molecule is CO[C@@H]1CN[C@@H](C(=O)N[C@@H](C)c2cnn(Cc3ccccc3)c2)C1. The van der Waals surface area contributed by atoms with Crippen molar-refractivity contribution in [1.29, 1.82) is 0 Å². The van der Waals surface area contributed by atoms with Crippen molar-refractivity contribution < 1.29 is 9.53 Å². The van der Waals surface area contributed by atoms with Gasteiger partial charge in [-0.3, -0.25) is 9.48 Å². The fourth-order valence-electron chi connectivity index (χ4n) is 2.94. The van der Waals surface area contributed by atoms with Crippen LogP contribution in [0.3, 0.4) is 0 Å². The summed E-state index contributed by atoms with van der Waals surface area (Å²) >= 11 is 0. The fraction of sp³-hybridized carbons (Fsp3) is 0.444. The first-order valence-electron chi connectivity index (χ1n) is 8.28. The van der Waals surface area contributed by atoms with Crippen LogP contribution in [0.1, 0.15) is 30.5 Å². The third-order valence-corrected chi connectivity index (χ3v) is 4.44. The van der Waals surface area contributed by atoms with Crippen LogP contribution < -0.4 is 10.6 Å². The highest BCUT2D eigenvalue weighted by Gasteiger charge is 2.30. The largest absolute Gasteiger partial charge is 0.380 e. The van der Waals surface area contributed by atoms with Crippen LogP contribution in [0.25, 0.3) is 0 Å². The van der Waals surface area contributed by atoms with Gasteiger partial charge in [-0.05, 0) is 18.9 Å². The number of nitrogens with zero attached hydrogens (tertiary/aromatic N) is 2. The van der Waals surface area contributed by atoms with Crippen molar-refractivity contribution in [3.8, 4) is 0 Å². The van der Waals surface area contributed by atoms with E-state index < -0.39 is 0 Å². The lowest BCUT2D eigenvalue weighted by Gasteiger charge is -2.16. The Balaban J connectivity index is 1.56. The summed E-state index contributed by atoms with van der Waals surface area (Å²) in [5, 5.41) is 10.6. The number of amides is 1. The van der Waals surface area contributed by atoms with E-state index in [1.165, 1.54) is 5.56 Å². The van der Waals surface area contributed by atoms with Crippen molar-refractivity contribution in [1.82, 2.24) is 20.4 Å². The van der Waals surface area contributed by atoms with Gasteiger partial charge in [0.2, 0.25) is 5.91 Å². The predicted octanol–water partition coefficient (Wildman–Crippen LogP) is 1.49. The Kier molecular flexibility index (Phi) is 5.27. The normalized spacial score (nSPS) is 21.6. The van der Waals surface area contributed by atoms with Gasteiger partial charge in [-0.2, -0.15) is 5.10 Å². The van der Waals surface area contributed by atoms with Gasteiger partial charge in [0.1, 0.15) is 0 Å². The summed E-state index contributed by atoms with van der Waals surface area (Å²) in [4.78, 5) is 12.3. The Hall–Kier alpha value is -2.18. The molecule has 0 unspecified atom stereocenters. The van der Waals surface area contributed by atoms with Crippen LogP contribution in [0, 0.1) is 0 Å². The van der Waals surface area contributed by atoms with Gasteiger partial charge in [0.05, 0.1) is 30.9 Å². The summed E-state index contributed by atoms with van der Waals surface area (Å²) in [5.41, 5.74) is 2.20. The molecule has 1 aliphatic rings. The zero-order valence-electron chi connectivity index (χ0n) is 14.1. The van der Waals surface area contributed by atoms with Crippen molar-refractivity contribution in [3.63, 3.8) is 0 Å². The molecule has 128 valence electrons. The molecule has 0 spiro atoms. The first-order valence-corrected chi connectivity index (χ1v) is 8.28. The molecule has 2 N–H and O–H groups in total. The molecular formula is C18H24N4O2. The average Bonchev–Trinajstić information content (AvgIpc) is 3.25. The predicted molar refractivity (Wildman–Crippen MR) is 91.5 cm³/mol. The van der Waals surface area contributed by atoms with E-state index in [1.807, 2.05) is 42.2 Å². The fourth-order valence-corrected chi connectivity index (χ4v) is 2.94. The lowest BCUT2D eigenvalue weighted by Crippen LogP contribution is -2.41. The molecule has 1 amide bonds. The van der Waals surface area contributed by atoms with Crippen molar-refractivity contribution in [2.45, 2.75) is 38.1 Å². The van der Waals surface area contributed by atoms with Gasteiger partial charge in [-0.15, -0.1) is 0 Å². The third-order valence-electron chi connectivity index (χ3n) is 4.44. The molecule has 2 aromatic rings. The van der Waals surface area contributed by atoms with Gasteiger partial charge in [-0.25, -0.2) is 0 Å². The van der Waals surface area contributed by atoms with E-state index in [4.69, 9.17) is 4.74 Å². The Labute approximate surface area is 142 Å². The molecule has 2 heterocycles. The third kappa shape index (κ3) is 4.01. The van der Waals surface area contributed by atoms with Gasteiger partial charge in [0.15, 0.2) is 0 Å². The number of aromatic nitrogens is 2. The van der Waals surface area contributed by atoms with E-state index >= 15 is 0 Å². The molecule has 1 aliphatic heterocycles. The summed E-state index contributed by atoms with van der Waals surface area (Å²) in [6, 6.07) is 9.92. The molecule has 0 bridgehead atoms.